The van der Waals surface area contributed by atoms with Crippen molar-refractivity contribution in [2.24, 2.45) is 7.05 Å². The van der Waals surface area contributed by atoms with Gasteiger partial charge in [0.05, 0.1) is 12.8 Å². The Balaban J connectivity index is 1.57. The van der Waals surface area contributed by atoms with Crippen molar-refractivity contribution in [1.29, 1.82) is 0 Å². The zero-order valence-electron chi connectivity index (χ0n) is 18.5. The molecule has 4 aromatic rings. The first-order chi connectivity index (χ1) is 16.2. The highest BCUT2D eigenvalue weighted by atomic mass is 35.5. The zero-order valence-corrected chi connectivity index (χ0v) is 19.3. The van der Waals surface area contributed by atoms with E-state index in [0.717, 1.165) is 40.6 Å². The van der Waals surface area contributed by atoms with Crippen LogP contribution in [0.5, 0.6) is 11.5 Å². The van der Waals surface area contributed by atoms with Gasteiger partial charge < -0.3 is 14.0 Å². The minimum atomic E-state index is -4.48. The Morgan fingerprint density at radius 2 is 1.82 bits per heavy atom. The van der Waals surface area contributed by atoms with Crippen LogP contribution < -0.4 is 9.47 Å². The lowest BCUT2D eigenvalue weighted by atomic mass is 10.1. The summed E-state index contributed by atoms with van der Waals surface area (Å²) < 4.78 is 51.3. The third-order valence-electron chi connectivity index (χ3n) is 5.32. The molecule has 0 fully saturated rings. The molecule has 0 saturated carbocycles. The van der Waals surface area contributed by atoms with Crippen molar-refractivity contribution in [2.75, 3.05) is 7.11 Å². The number of ether oxygens (including phenoxy) is 2. The maximum atomic E-state index is 12.7. The molecule has 0 atom stereocenters. The summed E-state index contributed by atoms with van der Waals surface area (Å²) in [5.74, 6) is 1.77. The van der Waals surface area contributed by atoms with E-state index in [2.05, 4.69) is 9.97 Å². The van der Waals surface area contributed by atoms with Gasteiger partial charge in [0.15, 0.2) is 0 Å². The molecule has 4 rings (SSSR count). The number of imidazole rings is 1. The predicted octanol–water partition coefficient (Wildman–Crippen LogP) is 6.11. The molecule has 10 heteroatoms. The van der Waals surface area contributed by atoms with Crippen molar-refractivity contribution in [3.8, 4) is 34.1 Å². The Bertz CT molecular complexity index is 1300. The number of nitrogens with zero attached hydrogens (tertiary/aromatic N) is 4. The van der Waals surface area contributed by atoms with Gasteiger partial charge in [-0.15, -0.1) is 0 Å². The Hall–Kier alpha value is -3.59. The minimum absolute atomic E-state index is 0.0595. The van der Waals surface area contributed by atoms with Crippen molar-refractivity contribution in [3.05, 3.63) is 77.0 Å². The zero-order chi connectivity index (χ0) is 24.5. The number of halogens is 4. The van der Waals surface area contributed by atoms with Gasteiger partial charge in [-0.1, -0.05) is 17.7 Å². The van der Waals surface area contributed by atoms with Crippen LogP contribution in [-0.4, -0.2) is 26.6 Å². The van der Waals surface area contributed by atoms with Crippen molar-refractivity contribution in [1.82, 2.24) is 19.5 Å². The molecule has 0 aliphatic heterocycles. The average molecular weight is 489 g/mol. The Kier molecular flexibility index (Phi) is 6.47. The molecule has 3 heterocycles. The van der Waals surface area contributed by atoms with Crippen molar-refractivity contribution in [2.45, 2.75) is 19.7 Å². The SMILES string of the molecule is COc1cc(OCc2ccc(C(F)(F)F)nc2)ccc1-c1nc(-c2ccc(Cl)nc2)n(C)c1C. The summed E-state index contributed by atoms with van der Waals surface area (Å²) in [5, 5.41) is 0.402. The average Bonchev–Trinajstić information content (AvgIpc) is 3.12. The van der Waals surface area contributed by atoms with Crippen LogP contribution in [0.4, 0.5) is 13.2 Å². The highest BCUT2D eigenvalue weighted by Gasteiger charge is 2.32. The number of hydrogen-bond acceptors (Lipinski definition) is 5. The third-order valence-corrected chi connectivity index (χ3v) is 5.54. The van der Waals surface area contributed by atoms with Crippen molar-refractivity contribution >= 4 is 11.6 Å². The Labute approximate surface area is 199 Å². The van der Waals surface area contributed by atoms with E-state index in [-0.39, 0.29) is 6.61 Å². The fraction of sp³-hybridized carbons (Fsp3) is 0.208. The minimum Gasteiger partial charge on any atom is -0.496 e. The summed E-state index contributed by atoms with van der Waals surface area (Å²) in [6.07, 6.45) is -1.66. The standard InChI is InChI=1S/C24H20ClF3N4O2/c1-14-22(31-23(32(14)2)16-5-9-21(25)30-12-16)18-7-6-17(10-19(18)33-3)34-13-15-4-8-20(29-11-15)24(26,27)28/h4-12H,13H2,1-3H3. The second-order valence-electron chi connectivity index (χ2n) is 7.50. The molecule has 3 aromatic heterocycles. The van der Waals surface area contributed by atoms with Crippen LogP contribution in [-0.2, 0) is 19.8 Å². The molecule has 0 N–H and O–H groups in total. The summed E-state index contributed by atoms with van der Waals surface area (Å²) in [5.41, 5.74) is 2.83. The molecule has 0 radical (unpaired) electrons. The maximum absolute atomic E-state index is 12.7. The molecule has 0 bridgehead atoms. The van der Waals surface area contributed by atoms with Gasteiger partial charge in [0.1, 0.15) is 34.8 Å². The van der Waals surface area contributed by atoms with E-state index in [1.54, 1.807) is 31.5 Å². The molecule has 0 amide bonds. The smallest absolute Gasteiger partial charge is 0.433 e. The van der Waals surface area contributed by atoms with Crippen molar-refractivity contribution < 1.29 is 22.6 Å². The summed E-state index contributed by atoms with van der Waals surface area (Å²) in [4.78, 5) is 12.4. The molecule has 176 valence electrons. The van der Waals surface area contributed by atoms with E-state index >= 15 is 0 Å². The summed E-state index contributed by atoms with van der Waals surface area (Å²) in [6, 6.07) is 11.1. The topological polar surface area (TPSA) is 62.1 Å². The third kappa shape index (κ3) is 4.84. The van der Waals surface area contributed by atoms with Crippen LogP contribution in [0, 0.1) is 6.92 Å². The molecule has 0 spiro atoms. The van der Waals surface area contributed by atoms with Gasteiger partial charge in [-0.05, 0) is 37.3 Å². The highest BCUT2D eigenvalue weighted by molar-refractivity contribution is 6.29. The first-order valence-electron chi connectivity index (χ1n) is 10.2. The number of benzene rings is 1. The summed E-state index contributed by atoms with van der Waals surface area (Å²) >= 11 is 5.90. The molecule has 1 aromatic carbocycles. The fourth-order valence-corrected chi connectivity index (χ4v) is 3.51. The quantitative estimate of drug-likeness (QED) is 0.306. The first kappa shape index (κ1) is 23.6. The highest BCUT2D eigenvalue weighted by Crippen LogP contribution is 2.36. The molecule has 6 nitrogen and oxygen atoms in total. The number of rotatable bonds is 6. The van der Waals surface area contributed by atoms with Crippen molar-refractivity contribution in [3.63, 3.8) is 0 Å². The van der Waals surface area contributed by atoms with E-state index in [1.807, 2.05) is 30.7 Å². The molecule has 0 aliphatic rings. The van der Waals surface area contributed by atoms with Gasteiger partial charge in [0, 0.05) is 47.9 Å². The second-order valence-corrected chi connectivity index (χ2v) is 7.89. The van der Waals surface area contributed by atoms with Crippen LogP contribution >= 0.6 is 11.6 Å². The van der Waals surface area contributed by atoms with E-state index in [1.165, 1.54) is 6.07 Å². The van der Waals surface area contributed by atoms with Crippen LogP contribution in [0.2, 0.25) is 5.15 Å². The fourth-order valence-electron chi connectivity index (χ4n) is 3.40. The van der Waals surface area contributed by atoms with Gasteiger partial charge in [0.25, 0.3) is 0 Å². The first-order valence-corrected chi connectivity index (χ1v) is 10.5. The molecule has 34 heavy (non-hydrogen) atoms. The lowest BCUT2D eigenvalue weighted by Gasteiger charge is -2.12. The molecule has 0 saturated heterocycles. The van der Waals surface area contributed by atoms with E-state index in [4.69, 9.17) is 26.1 Å². The van der Waals surface area contributed by atoms with Gasteiger partial charge in [-0.3, -0.25) is 4.98 Å². The number of methoxy groups -OCH3 is 1. The van der Waals surface area contributed by atoms with Gasteiger partial charge >= 0.3 is 6.18 Å². The lowest BCUT2D eigenvalue weighted by Crippen LogP contribution is -2.08. The molecule has 0 aliphatic carbocycles. The Morgan fingerprint density at radius 1 is 1.03 bits per heavy atom. The molecule has 0 unspecified atom stereocenters. The van der Waals surface area contributed by atoms with E-state index in [9.17, 15) is 13.2 Å². The van der Waals surface area contributed by atoms with Gasteiger partial charge in [-0.2, -0.15) is 13.2 Å². The summed E-state index contributed by atoms with van der Waals surface area (Å²) in [7, 11) is 3.46. The van der Waals surface area contributed by atoms with E-state index in [0.29, 0.717) is 22.2 Å². The normalized spacial score (nSPS) is 11.5. The van der Waals surface area contributed by atoms with Crippen LogP contribution in [0.25, 0.3) is 22.6 Å². The number of pyridine rings is 2. The van der Waals surface area contributed by atoms with Crippen LogP contribution in [0.1, 0.15) is 17.0 Å². The molecular formula is C24H20ClF3N4O2. The number of hydrogen-bond donors (Lipinski definition) is 0. The van der Waals surface area contributed by atoms with Crippen LogP contribution in [0.3, 0.4) is 0 Å². The number of aromatic nitrogens is 4. The van der Waals surface area contributed by atoms with Gasteiger partial charge in [-0.25, -0.2) is 9.97 Å². The second kappa shape index (κ2) is 9.34. The Morgan fingerprint density at radius 3 is 2.44 bits per heavy atom. The molecular weight excluding hydrogens is 469 g/mol. The predicted molar refractivity (Wildman–Crippen MR) is 122 cm³/mol. The van der Waals surface area contributed by atoms with E-state index < -0.39 is 11.9 Å². The number of alkyl halides is 3. The maximum Gasteiger partial charge on any atom is 0.433 e. The lowest BCUT2D eigenvalue weighted by molar-refractivity contribution is -0.141. The monoisotopic (exact) mass is 488 g/mol. The summed E-state index contributed by atoms with van der Waals surface area (Å²) in [6.45, 7) is 2.01. The van der Waals surface area contributed by atoms with Gasteiger partial charge in [0.2, 0.25) is 0 Å². The van der Waals surface area contributed by atoms with Crippen LogP contribution in [0.15, 0.2) is 54.9 Å². The largest absolute Gasteiger partial charge is 0.496 e.